The van der Waals surface area contributed by atoms with Crippen molar-refractivity contribution in [2.45, 2.75) is 0 Å². The van der Waals surface area contributed by atoms with Crippen LogP contribution in [0.3, 0.4) is 0 Å². The minimum absolute atomic E-state index is 0.0258. The first-order chi connectivity index (χ1) is 9.58. The summed E-state index contributed by atoms with van der Waals surface area (Å²) in [6, 6.07) is 11.0. The number of rotatable bonds is 4. The molecule has 20 heavy (non-hydrogen) atoms. The van der Waals surface area contributed by atoms with Gasteiger partial charge in [0.25, 0.3) is 5.91 Å². The van der Waals surface area contributed by atoms with Gasteiger partial charge in [0.1, 0.15) is 5.82 Å². The molecule has 0 atom stereocenters. The Morgan fingerprint density at radius 3 is 2.15 bits per heavy atom. The van der Waals surface area contributed by atoms with Crippen molar-refractivity contribution in [3.63, 3.8) is 0 Å². The van der Waals surface area contributed by atoms with Gasteiger partial charge in [0.05, 0.1) is 17.2 Å². The minimum atomic E-state index is -1.43. The molecule has 2 aromatic rings. The van der Waals surface area contributed by atoms with Gasteiger partial charge in [-0.2, -0.15) is 0 Å². The normalized spacial score (nSPS) is 9.85. The Morgan fingerprint density at radius 2 is 1.55 bits per heavy atom. The average molecular weight is 273 g/mol. The van der Waals surface area contributed by atoms with Crippen LogP contribution < -0.4 is 16.0 Å². The fourth-order valence-corrected chi connectivity index (χ4v) is 1.59. The van der Waals surface area contributed by atoms with E-state index in [1.54, 1.807) is 6.07 Å². The maximum atomic E-state index is 12.7. The van der Waals surface area contributed by atoms with Gasteiger partial charge in [-0.1, -0.05) is 18.2 Å². The molecule has 2 aromatic carbocycles. The van der Waals surface area contributed by atoms with Gasteiger partial charge in [0.15, 0.2) is 0 Å². The summed E-state index contributed by atoms with van der Waals surface area (Å²) in [6.45, 7) is 0. The Morgan fingerprint density at radius 1 is 0.950 bits per heavy atom. The van der Waals surface area contributed by atoms with E-state index in [9.17, 15) is 19.1 Å². The SMILES string of the molecule is O=C([O-])c1ccccc1C(=O)NNc1ccc(F)cc1. The fraction of sp³-hybridized carbons (Fsp3) is 0. The van der Waals surface area contributed by atoms with Crippen LogP contribution in [0.5, 0.6) is 0 Å². The summed E-state index contributed by atoms with van der Waals surface area (Å²) < 4.78 is 12.7. The van der Waals surface area contributed by atoms with Crippen molar-refractivity contribution >= 4 is 17.6 Å². The smallest absolute Gasteiger partial charge is 0.270 e. The molecule has 0 heterocycles. The Kier molecular flexibility index (Phi) is 3.95. The molecule has 102 valence electrons. The number of aromatic carboxylic acids is 1. The maximum absolute atomic E-state index is 12.7. The number of carboxylic acid groups (broad SMARTS) is 1. The van der Waals surface area contributed by atoms with Crippen molar-refractivity contribution in [3.05, 3.63) is 65.5 Å². The molecule has 0 unspecified atom stereocenters. The summed E-state index contributed by atoms with van der Waals surface area (Å²) in [4.78, 5) is 22.8. The summed E-state index contributed by atoms with van der Waals surface area (Å²) >= 11 is 0. The predicted molar refractivity (Wildman–Crippen MR) is 68.3 cm³/mol. The summed E-state index contributed by atoms with van der Waals surface area (Å²) in [5.74, 6) is -2.46. The third kappa shape index (κ3) is 3.11. The Labute approximate surface area is 114 Å². The molecule has 0 spiro atoms. The van der Waals surface area contributed by atoms with Gasteiger partial charge in [-0.05, 0) is 30.3 Å². The van der Waals surface area contributed by atoms with Gasteiger partial charge in [-0.15, -0.1) is 0 Å². The second-order valence-corrected chi connectivity index (χ2v) is 3.92. The highest BCUT2D eigenvalue weighted by atomic mass is 19.1. The van der Waals surface area contributed by atoms with Gasteiger partial charge in [0, 0.05) is 5.56 Å². The quantitative estimate of drug-likeness (QED) is 0.812. The molecule has 6 heteroatoms. The number of halogens is 1. The molecule has 0 aliphatic heterocycles. The summed E-state index contributed by atoms with van der Waals surface area (Å²) in [5.41, 5.74) is 5.12. The van der Waals surface area contributed by atoms with E-state index in [4.69, 9.17) is 0 Å². The second kappa shape index (κ2) is 5.83. The largest absolute Gasteiger partial charge is 0.545 e. The first-order valence-electron chi connectivity index (χ1n) is 5.70. The van der Waals surface area contributed by atoms with E-state index in [0.29, 0.717) is 5.69 Å². The second-order valence-electron chi connectivity index (χ2n) is 3.92. The summed E-state index contributed by atoms with van der Waals surface area (Å²) in [5, 5.41) is 10.9. The monoisotopic (exact) mass is 273 g/mol. The van der Waals surface area contributed by atoms with Crippen molar-refractivity contribution in [1.29, 1.82) is 0 Å². The van der Waals surface area contributed by atoms with E-state index in [1.807, 2.05) is 0 Å². The lowest BCUT2D eigenvalue weighted by Crippen LogP contribution is -2.32. The van der Waals surface area contributed by atoms with E-state index in [0.717, 1.165) is 0 Å². The molecule has 1 amide bonds. The lowest BCUT2D eigenvalue weighted by molar-refractivity contribution is -0.255. The Balaban J connectivity index is 2.09. The van der Waals surface area contributed by atoms with Crippen LogP contribution in [0.25, 0.3) is 0 Å². The molecule has 0 aliphatic carbocycles. The summed E-state index contributed by atoms with van der Waals surface area (Å²) in [7, 11) is 0. The van der Waals surface area contributed by atoms with E-state index in [1.165, 1.54) is 42.5 Å². The number of nitrogens with one attached hydrogen (secondary N) is 2. The molecular weight excluding hydrogens is 263 g/mol. The zero-order chi connectivity index (χ0) is 14.5. The fourth-order valence-electron chi connectivity index (χ4n) is 1.59. The number of hydrazine groups is 1. The Bertz CT molecular complexity index is 641. The minimum Gasteiger partial charge on any atom is -0.545 e. The molecule has 0 radical (unpaired) electrons. The molecule has 0 fully saturated rings. The van der Waals surface area contributed by atoms with E-state index in [2.05, 4.69) is 10.9 Å². The van der Waals surface area contributed by atoms with Gasteiger partial charge in [-0.25, -0.2) is 4.39 Å². The molecule has 0 saturated carbocycles. The average Bonchev–Trinajstić information content (AvgIpc) is 2.46. The van der Waals surface area contributed by atoms with Crippen LogP contribution in [0.15, 0.2) is 48.5 Å². The van der Waals surface area contributed by atoms with Crippen LogP contribution in [0.4, 0.5) is 10.1 Å². The van der Waals surface area contributed by atoms with Gasteiger partial charge in [-0.3, -0.25) is 15.6 Å². The van der Waals surface area contributed by atoms with Gasteiger partial charge < -0.3 is 9.90 Å². The number of benzene rings is 2. The van der Waals surface area contributed by atoms with E-state index >= 15 is 0 Å². The molecular formula is C14H10FN2O3-. The van der Waals surface area contributed by atoms with Crippen molar-refractivity contribution in [2.24, 2.45) is 0 Å². The zero-order valence-corrected chi connectivity index (χ0v) is 10.2. The number of hydrogen-bond acceptors (Lipinski definition) is 4. The highest BCUT2D eigenvalue weighted by molar-refractivity contribution is 6.04. The first kappa shape index (κ1) is 13.5. The van der Waals surface area contributed by atoms with Crippen molar-refractivity contribution < 1.29 is 19.1 Å². The topological polar surface area (TPSA) is 81.3 Å². The third-order valence-electron chi connectivity index (χ3n) is 2.56. The lowest BCUT2D eigenvalue weighted by atomic mass is 10.1. The Hall–Kier alpha value is -2.89. The van der Waals surface area contributed by atoms with E-state index in [-0.39, 0.29) is 11.1 Å². The van der Waals surface area contributed by atoms with Gasteiger partial charge >= 0.3 is 0 Å². The molecule has 0 aromatic heterocycles. The molecule has 5 nitrogen and oxygen atoms in total. The van der Waals surface area contributed by atoms with Crippen LogP contribution in [-0.2, 0) is 0 Å². The van der Waals surface area contributed by atoms with Crippen LogP contribution >= 0.6 is 0 Å². The number of carbonyl (C=O) groups excluding carboxylic acids is 2. The van der Waals surface area contributed by atoms with Crippen LogP contribution in [0, 0.1) is 5.82 Å². The highest BCUT2D eigenvalue weighted by Gasteiger charge is 2.10. The predicted octanol–water partition coefficient (Wildman–Crippen LogP) is 0.946. The third-order valence-corrected chi connectivity index (χ3v) is 2.56. The van der Waals surface area contributed by atoms with Gasteiger partial charge in [0.2, 0.25) is 0 Å². The standard InChI is InChI=1S/C14H11FN2O3/c15-9-5-7-10(8-6-9)16-17-13(18)11-3-1-2-4-12(11)14(19)20/h1-8,16H,(H,17,18)(H,19,20)/p-1. The van der Waals surface area contributed by atoms with Crippen LogP contribution in [0.1, 0.15) is 20.7 Å². The van der Waals surface area contributed by atoms with Crippen molar-refractivity contribution in [3.8, 4) is 0 Å². The number of carboxylic acids is 1. The number of anilines is 1. The lowest BCUT2D eigenvalue weighted by Gasteiger charge is -2.12. The molecule has 2 N–H and O–H groups in total. The van der Waals surface area contributed by atoms with Crippen LogP contribution in [-0.4, -0.2) is 11.9 Å². The summed E-state index contributed by atoms with van der Waals surface area (Å²) in [6.07, 6.45) is 0. The maximum Gasteiger partial charge on any atom is 0.270 e. The van der Waals surface area contributed by atoms with Crippen molar-refractivity contribution in [2.75, 3.05) is 5.43 Å². The molecule has 0 aliphatic rings. The molecule has 0 saturated heterocycles. The first-order valence-corrected chi connectivity index (χ1v) is 5.70. The molecule has 0 bridgehead atoms. The highest BCUT2D eigenvalue weighted by Crippen LogP contribution is 2.09. The van der Waals surface area contributed by atoms with Crippen molar-refractivity contribution in [1.82, 2.24) is 5.43 Å². The molecule has 2 rings (SSSR count). The number of hydrogen-bond donors (Lipinski definition) is 2. The zero-order valence-electron chi connectivity index (χ0n) is 10.2. The van der Waals surface area contributed by atoms with Crippen LogP contribution in [0.2, 0.25) is 0 Å². The number of amides is 1. The number of carbonyl (C=O) groups is 2. The van der Waals surface area contributed by atoms with E-state index < -0.39 is 17.7 Å².